The second-order valence-corrected chi connectivity index (χ2v) is 8.34. The number of aromatic nitrogens is 1. The van der Waals surface area contributed by atoms with Crippen LogP contribution in [0.25, 0.3) is 10.9 Å². The lowest BCUT2D eigenvalue weighted by atomic mass is 10.1. The standard InChI is InChI=1S/C21H27N3O2S/c1-14-9-15(2)19-16(10-14)11-17-12-24(13-18-5-4-7-26-18)21(22-6-8-25-3)27-20(17)23-19/h9-11,18H,4-8,12-13H2,1-3H3. The molecule has 0 N–H and O–H groups in total. The largest absolute Gasteiger partial charge is 0.383 e. The lowest BCUT2D eigenvalue weighted by Gasteiger charge is -2.32. The van der Waals surface area contributed by atoms with Crippen molar-refractivity contribution in [1.82, 2.24) is 9.88 Å². The molecule has 1 aromatic heterocycles. The van der Waals surface area contributed by atoms with E-state index in [1.165, 1.54) is 22.1 Å². The molecule has 1 fully saturated rings. The van der Waals surface area contributed by atoms with Gasteiger partial charge in [0.25, 0.3) is 0 Å². The van der Waals surface area contributed by atoms with Crippen LogP contribution in [0.2, 0.25) is 0 Å². The van der Waals surface area contributed by atoms with Gasteiger partial charge in [0.05, 0.1) is 24.8 Å². The molecular weight excluding hydrogens is 358 g/mol. The van der Waals surface area contributed by atoms with Crippen LogP contribution in [-0.4, -0.2) is 54.6 Å². The molecule has 0 spiro atoms. The van der Waals surface area contributed by atoms with Crippen molar-refractivity contribution in [3.05, 3.63) is 34.9 Å². The molecule has 0 bridgehead atoms. The average molecular weight is 386 g/mol. The molecule has 0 radical (unpaired) electrons. The zero-order chi connectivity index (χ0) is 18.8. The van der Waals surface area contributed by atoms with Crippen molar-refractivity contribution in [2.45, 2.75) is 44.4 Å². The average Bonchev–Trinajstić information content (AvgIpc) is 3.14. The SMILES string of the molecule is COCCN=C1Sc2nc3c(C)cc(C)cc3cc2CN1CC1CCCO1. The maximum absolute atomic E-state index is 5.87. The number of methoxy groups -OCH3 is 1. The van der Waals surface area contributed by atoms with E-state index in [1.54, 1.807) is 18.9 Å². The summed E-state index contributed by atoms with van der Waals surface area (Å²) in [7, 11) is 1.71. The number of hydrogen-bond acceptors (Lipinski definition) is 5. The summed E-state index contributed by atoms with van der Waals surface area (Å²) in [5, 5.41) is 3.34. The number of aryl methyl sites for hydroxylation is 2. The van der Waals surface area contributed by atoms with Crippen LogP contribution < -0.4 is 0 Å². The van der Waals surface area contributed by atoms with Gasteiger partial charge in [-0.25, -0.2) is 4.98 Å². The molecule has 1 aromatic carbocycles. The lowest BCUT2D eigenvalue weighted by molar-refractivity contribution is 0.0902. The fourth-order valence-corrected chi connectivity index (χ4v) is 4.83. The zero-order valence-electron chi connectivity index (χ0n) is 16.3. The number of thioether (sulfide) groups is 1. The van der Waals surface area contributed by atoms with Gasteiger partial charge in [-0.15, -0.1) is 0 Å². The molecule has 5 nitrogen and oxygen atoms in total. The number of amidine groups is 1. The zero-order valence-corrected chi connectivity index (χ0v) is 17.1. The Bertz CT molecular complexity index is 862. The molecule has 1 saturated heterocycles. The van der Waals surface area contributed by atoms with E-state index in [-0.39, 0.29) is 0 Å². The maximum Gasteiger partial charge on any atom is 0.166 e. The van der Waals surface area contributed by atoms with E-state index in [1.807, 2.05) is 0 Å². The summed E-state index contributed by atoms with van der Waals surface area (Å²) in [5.41, 5.74) is 4.88. The Morgan fingerprint density at radius 2 is 2.22 bits per heavy atom. The molecular formula is C21H27N3O2S. The van der Waals surface area contributed by atoms with Gasteiger partial charge in [-0.1, -0.05) is 11.6 Å². The van der Waals surface area contributed by atoms with Gasteiger partial charge in [0.15, 0.2) is 5.17 Å². The van der Waals surface area contributed by atoms with E-state index in [4.69, 9.17) is 19.5 Å². The fourth-order valence-electron chi connectivity index (χ4n) is 3.85. The molecule has 2 aromatic rings. The summed E-state index contributed by atoms with van der Waals surface area (Å²) in [6, 6.07) is 6.73. The minimum atomic E-state index is 0.303. The smallest absolute Gasteiger partial charge is 0.166 e. The van der Waals surface area contributed by atoms with Crippen molar-refractivity contribution in [3.8, 4) is 0 Å². The highest BCUT2D eigenvalue weighted by Crippen LogP contribution is 2.34. The van der Waals surface area contributed by atoms with Gasteiger partial charge in [0.1, 0.15) is 5.03 Å². The van der Waals surface area contributed by atoms with Gasteiger partial charge < -0.3 is 14.4 Å². The molecule has 0 aliphatic carbocycles. The van der Waals surface area contributed by atoms with Gasteiger partial charge in [0.2, 0.25) is 0 Å². The molecule has 144 valence electrons. The number of benzene rings is 1. The van der Waals surface area contributed by atoms with E-state index < -0.39 is 0 Å². The number of rotatable bonds is 5. The van der Waals surface area contributed by atoms with Crippen molar-refractivity contribution in [3.63, 3.8) is 0 Å². The van der Waals surface area contributed by atoms with Gasteiger partial charge in [-0.3, -0.25) is 4.99 Å². The van der Waals surface area contributed by atoms with Crippen LogP contribution in [0.4, 0.5) is 0 Å². The third-order valence-electron chi connectivity index (χ3n) is 5.10. The first-order valence-corrected chi connectivity index (χ1v) is 10.4. The van der Waals surface area contributed by atoms with Crippen LogP contribution in [0.5, 0.6) is 0 Å². The topological polar surface area (TPSA) is 47.0 Å². The second-order valence-electron chi connectivity index (χ2n) is 7.38. The van der Waals surface area contributed by atoms with Gasteiger partial charge in [-0.2, -0.15) is 0 Å². The predicted molar refractivity (Wildman–Crippen MR) is 111 cm³/mol. The molecule has 3 heterocycles. The van der Waals surface area contributed by atoms with Crippen LogP contribution in [0.3, 0.4) is 0 Å². The van der Waals surface area contributed by atoms with E-state index >= 15 is 0 Å². The van der Waals surface area contributed by atoms with Crippen molar-refractivity contribution in [2.24, 2.45) is 4.99 Å². The molecule has 0 amide bonds. The number of aliphatic imine (C=N–C) groups is 1. The Morgan fingerprint density at radius 3 is 3.00 bits per heavy atom. The van der Waals surface area contributed by atoms with E-state index in [2.05, 4.69) is 36.9 Å². The molecule has 2 aliphatic heterocycles. The minimum Gasteiger partial charge on any atom is -0.383 e. The van der Waals surface area contributed by atoms with Crippen LogP contribution >= 0.6 is 11.8 Å². The second kappa shape index (κ2) is 8.17. The molecule has 4 rings (SSSR count). The predicted octanol–water partition coefficient (Wildman–Crippen LogP) is 3.94. The highest BCUT2D eigenvalue weighted by Gasteiger charge is 2.28. The number of fused-ring (bicyclic) bond motifs is 2. The maximum atomic E-state index is 5.87. The van der Waals surface area contributed by atoms with E-state index in [0.29, 0.717) is 19.3 Å². The van der Waals surface area contributed by atoms with Gasteiger partial charge in [0, 0.05) is 37.8 Å². The summed E-state index contributed by atoms with van der Waals surface area (Å²) < 4.78 is 11.1. The van der Waals surface area contributed by atoms with Crippen LogP contribution in [0.1, 0.15) is 29.5 Å². The Labute approximate surface area is 165 Å². The van der Waals surface area contributed by atoms with E-state index in [0.717, 1.165) is 48.2 Å². The van der Waals surface area contributed by atoms with Crippen LogP contribution in [-0.2, 0) is 16.0 Å². The van der Waals surface area contributed by atoms with Crippen LogP contribution in [0.15, 0.2) is 28.2 Å². The normalized spacial score (nSPS) is 21.2. The van der Waals surface area contributed by atoms with Crippen molar-refractivity contribution < 1.29 is 9.47 Å². The molecule has 6 heteroatoms. The first-order valence-electron chi connectivity index (χ1n) is 9.62. The van der Waals surface area contributed by atoms with Gasteiger partial charge >= 0.3 is 0 Å². The summed E-state index contributed by atoms with van der Waals surface area (Å²) >= 11 is 1.68. The first-order chi connectivity index (χ1) is 13.1. The quantitative estimate of drug-likeness (QED) is 0.730. The Hall–Kier alpha value is -1.63. The fraction of sp³-hybridized carbons (Fsp3) is 0.524. The number of ether oxygens (including phenoxy) is 2. The number of nitrogens with zero attached hydrogens (tertiary/aromatic N) is 3. The minimum absolute atomic E-state index is 0.303. The molecule has 0 saturated carbocycles. The van der Waals surface area contributed by atoms with Crippen molar-refractivity contribution >= 4 is 27.8 Å². The summed E-state index contributed by atoms with van der Waals surface area (Å²) in [4.78, 5) is 12.1. The van der Waals surface area contributed by atoms with Crippen LogP contribution in [0, 0.1) is 13.8 Å². The Balaban J connectivity index is 1.67. The van der Waals surface area contributed by atoms with Gasteiger partial charge in [-0.05, 0) is 56.1 Å². The third kappa shape index (κ3) is 4.13. The summed E-state index contributed by atoms with van der Waals surface area (Å²) in [5.74, 6) is 0. The highest BCUT2D eigenvalue weighted by molar-refractivity contribution is 8.13. The van der Waals surface area contributed by atoms with Crippen molar-refractivity contribution in [2.75, 3.05) is 33.4 Å². The molecule has 27 heavy (non-hydrogen) atoms. The third-order valence-corrected chi connectivity index (χ3v) is 6.22. The Kier molecular flexibility index (Phi) is 5.66. The number of hydrogen-bond donors (Lipinski definition) is 0. The first kappa shape index (κ1) is 18.7. The summed E-state index contributed by atoms with van der Waals surface area (Å²) in [6.45, 7) is 8.19. The molecule has 1 unspecified atom stereocenters. The van der Waals surface area contributed by atoms with E-state index in [9.17, 15) is 0 Å². The van der Waals surface area contributed by atoms with Crippen molar-refractivity contribution in [1.29, 1.82) is 0 Å². The Morgan fingerprint density at radius 1 is 1.33 bits per heavy atom. The highest BCUT2D eigenvalue weighted by atomic mass is 32.2. The molecule has 2 aliphatic rings. The monoisotopic (exact) mass is 385 g/mol. The lowest BCUT2D eigenvalue weighted by Crippen LogP contribution is -2.38. The number of pyridine rings is 1. The molecule has 1 atom stereocenters. The summed E-state index contributed by atoms with van der Waals surface area (Å²) in [6.07, 6.45) is 2.59.